The molecule has 0 N–H and O–H groups in total. The molecule has 1 heterocycles. The van der Waals surface area contributed by atoms with Gasteiger partial charge in [-0.1, -0.05) is 143 Å². The van der Waals surface area contributed by atoms with Gasteiger partial charge in [0.1, 0.15) is 0 Å². The highest BCUT2D eigenvalue weighted by Gasteiger charge is 2.47. The second kappa shape index (κ2) is 11.4. The van der Waals surface area contributed by atoms with Crippen molar-refractivity contribution in [3.05, 3.63) is 181 Å². The summed E-state index contributed by atoms with van der Waals surface area (Å²) in [6, 6.07) is 62.0. The largest absolute Gasteiger partial charge is 0.310 e. The van der Waals surface area contributed by atoms with Gasteiger partial charge in [0.15, 0.2) is 0 Å². The molecule has 8 aromatic rings. The lowest BCUT2D eigenvalue weighted by Crippen LogP contribution is -2.44. The molecular weight excluding hydrogens is 605 g/mol. The van der Waals surface area contributed by atoms with Gasteiger partial charge in [0.25, 0.3) is 0 Å². The molecule has 1 aliphatic rings. The Morgan fingerprint density at radius 1 is 0.460 bits per heavy atom. The van der Waals surface area contributed by atoms with Crippen LogP contribution in [0.25, 0.3) is 49.7 Å². The van der Waals surface area contributed by atoms with E-state index in [1.165, 1.54) is 55.2 Å². The maximum Gasteiger partial charge on any atom is 0.0562 e. The van der Waals surface area contributed by atoms with E-state index in [1.54, 1.807) is 0 Å². The molecule has 0 fully saturated rings. The van der Waals surface area contributed by atoms with Crippen LogP contribution in [-0.4, -0.2) is 4.57 Å². The standard InChI is InChI=1S/C48H40N2/c1-47(2)41-31-30-36(32-40(41)38-26-16-25-37(46(38)48(47,3)4)33-18-8-5-9-19-33)49(34-20-10-6-11-21-34)43-28-17-29-44-45(43)39-24-14-15-27-42(39)50(44)35-22-12-7-13-23-35/h5-32H,1-4H3. The van der Waals surface area contributed by atoms with E-state index in [4.69, 9.17) is 0 Å². The van der Waals surface area contributed by atoms with Gasteiger partial charge in [-0.05, 0) is 93.4 Å². The fraction of sp³-hybridized carbons (Fsp3) is 0.125. The molecule has 0 unspecified atom stereocenters. The number of anilines is 3. The Kier molecular flexibility index (Phi) is 6.86. The topological polar surface area (TPSA) is 8.17 Å². The van der Waals surface area contributed by atoms with Crippen molar-refractivity contribution in [2.24, 2.45) is 0 Å². The number of hydrogen-bond donors (Lipinski definition) is 0. The van der Waals surface area contributed by atoms with Crippen molar-refractivity contribution in [1.82, 2.24) is 4.57 Å². The summed E-state index contributed by atoms with van der Waals surface area (Å²) in [5.74, 6) is 0. The minimum Gasteiger partial charge on any atom is -0.310 e. The number of hydrogen-bond acceptors (Lipinski definition) is 1. The van der Waals surface area contributed by atoms with Crippen LogP contribution in [-0.2, 0) is 10.8 Å². The van der Waals surface area contributed by atoms with Crippen LogP contribution in [0.1, 0.15) is 38.8 Å². The van der Waals surface area contributed by atoms with Crippen LogP contribution in [0.3, 0.4) is 0 Å². The van der Waals surface area contributed by atoms with Crippen LogP contribution in [0, 0.1) is 0 Å². The van der Waals surface area contributed by atoms with E-state index in [-0.39, 0.29) is 10.8 Å². The predicted molar refractivity (Wildman–Crippen MR) is 212 cm³/mol. The van der Waals surface area contributed by atoms with Gasteiger partial charge in [-0.3, -0.25) is 0 Å². The first-order valence-corrected chi connectivity index (χ1v) is 17.6. The van der Waals surface area contributed by atoms with Crippen molar-refractivity contribution in [3.63, 3.8) is 0 Å². The summed E-state index contributed by atoms with van der Waals surface area (Å²) in [5.41, 5.74) is 14.8. The molecule has 0 bridgehead atoms. The molecule has 0 spiro atoms. The van der Waals surface area contributed by atoms with Crippen molar-refractivity contribution in [1.29, 1.82) is 0 Å². The third-order valence-corrected chi connectivity index (χ3v) is 11.5. The smallest absolute Gasteiger partial charge is 0.0562 e. The lowest BCUT2D eigenvalue weighted by molar-refractivity contribution is 0.300. The molecule has 2 heteroatoms. The van der Waals surface area contributed by atoms with E-state index in [9.17, 15) is 0 Å². The average molecular weight is 645 g/mol. The van der Waals surface area contributed by atoms with E-state index in [1.807, 2.05) is 0 Å². The van der Waals surface area contributed by atoms with Gasteiger partial charge >= 0.3 is 0 Å². The summed E-state index contributed by atoms with van der Waals surface area (Å²) in [4.78, 5) is 2.46. The van der Waals surface area contributed by atoms with E-state index in [2.05, 4.69) is 207 Å². The minimum absolute atomic E-state index is 0.104. The molecular formula is C48H40N2. The lowest BCUT2D eigenvalue weighted by atomic mass is 9.54. The van der Waals surface area contributed by atoms with Crippen molar-refractivity contribution in [3.8, 4) is 27.9 Å². The van der Waals surface area contributed by atoms with Crippen LogP contribution in [0.15, 0.2) is 170 Å². The van der Waals surface area contributed by atoms with E-state index in [0.717, 1.165) is 22.7 Å². The Labute approximate surface area is 294 Å². The predicted octanol–water partition coefficient (Wildman–Crippen LogP) is 13.2. The monoisotopic (exact) mass is 644 g/mol. The van der Waals surface area contributed by atoms with Gasteiger partial charge in [-0.2, -0.15) is 0 Å². The molecule has 1 aromatic heterocycles. The Bertz CT molecular complexity index is 2520. The van der Waals surface area contributed by atoms with Crippen LogP contribution in [0.4, 0.5) is 17.1 Å². The van der Waals surface area contributed by atoms with Gasteiger partial charge < -0.3 is 9.47 Å². The number of para-hydroxylation sites is 3. The summed E-state index contributed by atoms with van der Waals surface area (Å²) in [5, 5.41) is 2.48. The normalized spacial score (nSPS) is 14.3. The summed E-state index contributed by atoms with van der Waals surface area (Å²) >= 11 is 0. The number of aromatic nitrogens is 1. The SMILES string of the molecule is CC1(C)c2ccc(N(c3ccccc3)c3cccc4c3c3ccccc3n4-c3ccccc3)cc2-c2cccc(-c3ccccc3)c2C1(C)C. The van der Waals surface area contributed by atoms with Gasteiger partial charge in [-0.15, -0.1) is 0 Å². The van der Waals surface area contributed by atoms with Crippen molar-refractivity contribution in [2.75, 3.05) is 4.90 Å². The van der Waals surface area contributed by atoms with Crippen molar-refractivity contribution < 1.29 is 0 Å². The van der Waals surface area contributed by atoms with Crippen molar-refractivity contribution in [2.45, 2.75) is 38.5 Å². The maximum atomic E-state index is 2.46. The van der Waals surface area contributed by atoms with Gasteiger partial charge in [0.05, 0.1) is 16.7 Å². The summed E-state index contributed by atoms with van der Waals surface area (Å²) < 4.78 is 2.40. The molecule has 50 heavy (non-hydrogen) atoms. The van der Waals surface area contributed by atoms with E-state index >= 15 is 0 Å². The average Bonchev–Trinajstić information content (AvgIpc) is 3.50. The molecule has 0 saturated carbocycles. The second-order valence-corrected chi connectivity index (χ2v) is 14.6. The van der Waals surface area contributed by atoms with Crippen LogP contribution in [0.5, 0.6) is 0 Å². The molecule has 7 aromatic carbocycles. The zero-order valence-corrected chi connectivity index (χ0v) is 29.1. The molecule has 0 atom stereocenters. The molecule has 242 valence electrons. The molecule has 1 aliphatic carbocycles. The number of fused-ring (bicyclic) bond motifs is 6. The Balaban J connectivity index is 1.33. The fourth-order valence-corrected chi connectivity index (χ4v) is 8.44. The number of benzene rings is 7. The molecule has 0 amide bonds. The second-order valence-electron chi connectivity index (χ2n) is 14.6. The van der Waals surface area contributed by atoms with Crippen LogP contribution >= 0.6 is 0 Å². The summed E-state index contributed by atoms with van der Waals surface area (Å²) in [6.07, 6.45) is 0. The molecule has 0 aliphatic heterocycles. The lowest BCUT2D eigenvalue weighted by Gasteiger charge is -2.49. The molecule has 2 nitrogen and oxygen atoms in total. The highest BCUT2D eigenvalue weighted by Crippen LogP contribution is 2.57. The molecule has 9 rings (SSSR count). The summed E-state index contributed by atoms with van der Waals surface area (Å²) in [7, 11) is 0. The zero-order valence-electron chi connectivity index (χ0n) is 29.1. The highest BCUT2D eigenvalue weighted by molar-refractivity contribution is 6.16. The first-order valence-electron chi connectivity index (χ1n) is 17.6. The van der Waals surface area contributed by atoms with Gasteiger partial charge in [0.2, 0.25) is 0 Å². The molecule has 0 radical (unpaired) electrons. The quantitative estimate of drug-likeness (QED) is 0.181. The highest BCUT2D eigenvalue weighted by atomic mass is 15.1. The van der Waals surface area contributed by atoms with E-state index in [0.29, 0.717) is 0 Å². The Morgan fingerprint density at radius 2 is 1.08 bits per heavy atom. The minimum atomic E-state index is -0.112. The van der Waals surface area contributed by atoms with Gasteiger partial charge in [-0.25, -0.2) is 0 Å². The molecule has 0 saturated heterocycles. The Hall–Kier alpha value is -5.86. The number of rotatable bonds is 5. The first kappa shape index (κ1) is 30.2. The number of nitrogens with zero attached hydrogens (tertiary/aromatic N) is 2. The van der Waals surface area contributed by atoms with E-state index < -0.39 is 0 Å². The van der Waals surface area contributed by atoms with Crippen LogP contribution in [0.2, 0.25) is 0 Å². The first-order chi connectivity index (χ1) is 24.4. The van der Waals surface area contributed by atoms with Gasteiger partial charge in [0, 0.05) is 33.2 Å². The van der Waals surface area contributed by atoms with Crippen molar-refractivity contribution >= 4 is 38.9 Å². The van der Waals surface area contributed by atoms with Crippen LogP contribution < -0.4 is 4.90 Å². The maximum absolute atomic E-state index is 2.46. The fourth-order valence-electron chi connectivity index (χ4n) is 8.44. The summed E-state index contributed by atoms with van der Waals surface area (Å²) in [6.45, 7) is 9.69. The Morgan fingerprint density at radius 3 is 1.84 bits per heavy atom. The zero-order chi connectivity index (χ0) is 34.0. The third-order valence-electron chi connectivity index (χ3n) is 11.5. The third kappa shape index (κ3) is 4.41.